The van der Waals surface area contributed by atoms with Crippen molar-refractivity contribution in [1.29, 1.82) is 5.26 Å². The van der Waals surface area contributed by atoms with Crippen LogP contribution in [0.3, 0.4) is 0 Å². The van der Waals surface area contributed by atoms with Gasteiger partial charge in [-0.05, 0) is 0 Å². The van der Waals surface area contributed by atoms with Crippen molar-refractivity contribution >= 4 is 0 Å². The van der Waals surface area contributed by atoms with Gasteiger partial charge < -0.3 is 0 Å². The Morgan fingerprint density at radius 2 is 2.31 bits per heavy atom. The van der Waals surface area contributed by atoms with E-state index in [4.69, 9.17) is 5.26 Å². The summed E-state index contributed by atoms with van der Waals surface area (Å²) >= 11 is 0. The molecular formula is C7H4N6. The van der Waals surface area contributed by atoms with E-state index < -0.39 is 0 Å². The molecule has 2 heterocycles. The lowest BCUT2D eigenvalue weighted by molar-refractivity contribution is 0.833. The third-order valence-electron chi connectivity index (χ3n) is 1.39. The second kappa shape index (κ2) is 2.98. The molecule has 2 aromatic heterocycles. The molecule has 0 spiro atoms. The Morgan fingerprint density at radius 1 is 1.38 bits per heavy atom. The lowest BCUT2D eigenvalue weighted by Gasteiger charge is -1.94. The average molecular weight is 172 g/mol. The van der Waals surface area contributed by atoms with Crippen LogP contribution < -0.4 is 0 Å². The predicted octanol–water partition coefficient (Wildman–Crippen LogP) is -0.0710. The van der Waals surface area contributed by atoms with Gasteiger partial charge in [0.05, 0.1) is 0 Å². The Labute approximate surface area is 73.5 Å². The summed E-state index contributed by atoms with van der Waals surface area (Å²) in [6, 6.07) is 3.51. The molecule has 0 atom stereocenters. The van der Waals surface area contributed by atoms with Crippen LogP contribution in [0.2, 0.25) is 0 Å². The molecule has 2 aromatic rings. The first-order chi connectivity index (χ1) is 6.40. The minimum absolute atomic E-state index is 0.124. The summed E-state index contributed by atoms with van der Waals surface area (Å²) in [6.07, 6.45) is 4.43. The molecule has 0 aliphatic carbocycles. The van der Waals surface area contributed by atoms with Crippen molar-refractivity contribution in [2.75, 3.05) is 0 Å². The highest BCUT2D eigenvalue weighted by molar-refractivity contribution is 5.18. The second-order valence-electron chi connectivity index (χ2n) is 2.19. The Hall–Kier alpha value is -2.29. The molecule has 2 rings (SSSR count). The Bertz CT molecular complexity index is 440. The molecule has 0 aliphatic heterocycles. The molecule has 0 saturated heterocycles. The highest BCUT2D eigenvalue weighted by Crippen LogP contribution is 1.98. The number of hydrogen-bond acceptors (Lipinski definition) is 5. The molecule has 0 radical (unpaired) electrons. The molecule has 13 heavy (non-hydrogen) atoms. The fourth-order valence-electron chi connectivity index (χ4n) is 0.844. The van der Waals surface area contributed by atoms with E-state index in [0.717, 1.165) is 0 Å². The second-order valence-corrected chi connectivity index (χ2v) is 2.19. The Kier molecular flexibility index (Phi) is 1.69. The smallest absolute Gasteiger partial charge is 0.245 e. The van der Waals surface area contributed by atoms with Gasteiger partial charge in [0.25, 0.3) is 5.82 Å². The maximum atomic E-state index is 8.48. The molecule has 0 bridgehead atoms. The van der Waals surface area contributed by atoms with Crippen molar-refractivity contribution in [3.8, 4) is 11.9 Å². The van der Waals surface area contributed by atoms with Crippen LogP contribution in [0.5, 0.6) is 0 Å². The number of rotatable bonds is 1. The molecular weight excluding hydrogens is 168 g/mol. The highest BCUT2D eigenvalue weighted by atomic mass is 15.4. The summed E-state index contributed by atoms with van der Waals surface area (Å²) in [4.78, 5) is 11.4. The topological polar surface area (TPSA) is 80.3 Å². The van der Waals surface area contributed by atoms with Gasteiger partial charge in [-0.15, -0.1) is 5.10 Å². The molecule has 0 amide bonds. The van der Waals surface area contributed by atoms with Crippen LogP contribution in [-0.4, -0.2) is 24.7 Å². The van der Waals surface area contributed by atoms with Gasteiger partial charge in [0.15, 0.2) is 5.82 Å². The van der Waals surface area contributed by atoms with Gasteiger partial charge >= 0.3 is 0 Å². The first-order valence-corrected chi connectivity index (χ1v) is 3.48. The Balaban J connectivity index is 2.43. The number of nitrogens with zero attached hydrogens (tertiary/aromatic N) is 6. The lowest BCUT2D eigenvalue weighted by Crippen LogP contribution is -1.97. The molecule has 0 fully saturated rings. The SMILES string of the molecule is N#Cc1ncn(-c2ccncn2)n1. The van der Waals surface area contributed by atoms with E-state index in [0.29, 0.717) is 5.82 Å². The fraction of sp³-hybridized carbons (Fsp3) is 0. The molecule has 0 N–H and O–H groups in total. The van der Waals surface area contributed by atoms with Crippen molar-refractivity contribution in [3.63, 3.8) is 0 Å². The molecule has 0 unspecified atom stereocenters. The van der Waals surface area contributed by atoms with E-state index in [1.165, 1.54) is 17.3 Å². The van der Waals surface area contributed by atoms with E-state index >= 15 is 0 Å². The van der Waals surface area contributed by atoms with Crippen molar-refractivity contribution in [2.24, 2.45) is 0 Å². The third kappa shape index (κ3) is 1.35. The normalized spacial score (nSPS) is 9.46. The van der Waals surface area contributed by atoms with E-state index in [1.807, 2.05) is 6.07 Å². The number of hydrogen-bond donors (Lipinski definition) is 0. The zero-order valence-electron chi connectivity index (χ0n) is 6.49. The monoisotopic (exact) mass is 172 g/mol. The van der Waals surface area contributed by atoms with Crippen LogP contribution in [0.4, 0.5) is 0 Å². The summed E-state index contributed by atoms with van der Waals surface area (Å²) in [6.45, 7) is 0. The maximum Gasteiger partial charge on any atom is 0.252 e. The molecule has 6 heteroatoms. The van der Waals surface area contributed by atoms with E-state index in [-0.39, 0.29) is 5.82 Å². The summed E-state index contributed by atoms with van der Waals surface area (Å²) < 4.78 is 1.42. The van der Waals surface area contributed by atoms with Gasteiger partial charge in [-0.25, -0.2) is 19.6 Å². The van der Waals surface area contributed by atoms with E-state index in [9.17, 15) is 0 Å². The average Bonchev–Trinajstić information content (AvgIpc) is 2.67. The minimum Gasteiger partial charge on any atom is -0.245 e. The first kappa shape index (κ1) is 7.36. The zero-order valence-corrected chi connectivity index (χ0v) is 6.49. The summed E-state index contributed by atoms with van der Waals surface area (Å²) in [5.74, 6) is 0.711. The maximum absolute atomic E-state index is 8.48. The van der Waals surface area contributed by atoms with Crippen LogP contribution in [-0.2, 0) is 0 Å². The fourth-order valence-corrected chi connectivity index (χ4v) is 0.844. The summed E-state index contributed by atoms with van der Waals surface area (Å²) in [5.41, 5.74) is 0. The zero-order chi connectivity index (χ0) is 9.10. The van der Waals surface area contributed by atoms with Crippen LogP contribution >= 0.6 is 0 Å². The Morgan fingerprint density at radius 3 is 2.92 bits per heavy atom. The predicted molar refractivity (Wildman–Crippen MR) is 41.7 cm³/mol. The van der Waals surface area contributed by atoms with E-state index in [2.05, 4.69) is 20.1 Å². The standard InChI is InChI=1S/C7H4N6/c8-3-6-11-5-13(12-6)7-1-2-9-4-10-7/h1-2,4-5H. The van der Waals surface area contributed by atoms with Gasteiger partial charge in [0.1, 0.15) is 18.7 Å². The van der Waals surface area contributed by atoms with Crippen LogP contribution in [0, 0.1) is 11.3 Å². The van der Waals surface area contributed by atoms with Gasteiger partial charge in [0.2, 0.25) is 0 Å². The van der Waals surface area contributed by atoms with Gasteiger partial charge in [-0.2, -0.15) is 5.26 Å². The molecule has 0 aromatic carbocycles. The molecule has 0 aliphatic rings. The summed E-state index contributed by atoms with van der Waals surface area (Å²) in [5, 5.41) is 12.3. The first-order valence-electron chi connectivity index (χ1n) is 3.48. The molecule has 0 saturated carbocycles. The minimum atomic E-state index is 0.124. The van der Waals surface area contributed by atoms with Crippen molar-refractivity contribution in [3.05, 3.63) is 30.7 Å². The van der Waals surface area contributed by atoms with Crippen LogP contribution in [0.15, 0.2) is 24.9 Å². The number of nitriles is 1. The van der Waals surface area contributed by atoms with Gasteiger partial charge in [0, 0.05) is 12.3 Å². The molecule has 62 valence electrons. The summed E-state index contributed by atoms with van der Waals surface area (Å²) in [7, 11) is 0. The lowest BCUT2D eigenvalue weighted by atomic mass is 10.6. The van der Waals surface area contributed by atoms with Gasteiger partial charge in [-0.3, -0.25) is 0 Å². The van der Waals surface area contributed by atoms with Crippen molar-refractivity contribution < 1.29 is 0 Å². The highest BCUT2D eigenvalue weighted by Gasteiger charge is 2.00. The molecule has 6 nitrogen and oxygen atoms in total. The third-order valence-corrected chi connectivity index (χ3v) is 1.39. The van der Waals surface area contributed by atoms with E-state index in [1.54, 1.807) is 12.3 Å². The van der Waals surface area contributed by atoms with Crippen LogP contribution in [0.25, 0.3) is 5.82 Å². The van der Waals surface area contributed by atoms with Gasteiger partial charge in [-0.1, -0.05) is 0 Å². The van der Waals surface area contributed by atoms with Crippen molar-refractivity contribution in [2.45, 2.75) is 0 Å². The van der Waals surface area contributed by atoms with Crippen molar-refractivity contribution in [1.82, 2.24) is 24.7 Å². The number of aromatic nitrogens is 5. The quantitative estimate of drug-likeness (QED) is 0.601. The van der Waals surface area contributed by atoms with Crippen LogP contribution in [0.1, 0.15) is 5.82 Å². The largest absolute Gasteiger partial charge is 0.252 e.